The second-order valence-corrected chi connectivity index (χ2v) is 8.99. The number of pyridine rings is 2. The van der Waals surface area contributed by atoms with Gasteiger partial charge in [-0.15, -0.1) is 0 Å². The molecule has 0 radical (unpaired) electrons. The summed E-state index contributed by atoms with van der Waals surface area (Å²) in [5.74, 6) is 0.529. The molecule has 2 aromatic heterocycles. The summed E-state index contributed by atoms with van der Waals surface area (Å²) >= 11 is 0. The van der Waals surface area contributed by atoms with E-state index >= 15 is 0 Å². The Hall–Kier alpha value is -3.94. The van der Waals surface area contributed by atoms with Crippen LogP contribution >= 0.6 is 0 Å². The molecule has 2 aromatic carbocycles. The number of nitrogens with zero attached hydrogens (tertiary/aromatic N) is 4. The van der Waals surface area contributed by atoms with Crippen LogP contribution < -0.4 is 0 Å². The summed E-state index contributed by atoms with van der Waals surface area (Å²) in [5, 5.41) is 30.4. The standard InChI is InChI=1S/C29H32N4O3/c1-22-8-9-27(34)16-23(22)18-32(20-25-6-2-4-12-30-25)14-15-33(21-26-7-3-5-13-31-26)19-24-17-28(35)10-11-29(24)36/h2-13,16-17,34-36H,14-15,18-21H2,1H3. The van der Waals surface area contributed by atoms with E-state index in [0.29, 0.717) is 38.3 Å². The van der Waals surface area contributed by atoms with Crippen molar-refractivity contribution in [3.63, 3.8) is 0 Å². The van der Waals surface area contributed by atoms with Crippen LogP contribution in [0.15, 0.2) is 85.2 Å². The molecule has 0 aliphatic rings. The molecular formula is C29H32N4O3. The topological polar surface area (TPSA) is 93.0 Å². The van der Waals surface area contributed by atoms with Gasteiger partial charge >= 0.3 is 0 Å². The van der Waals surface area contributed by atoms with Gasteiger partial charge in [0.15, 0.2) is 0 Å². The van der Waals surface area contributed by atoms with Crippen molar-refractivity contribution in [2.75, 3.05) is 13.1 Å². The van der Waals surface area contributed by atoms with E-state index in [-0.39, 0.29) is 17.2 Å². The van der Waals surface area contributed by atoms with Crippen molar-refractivity contribution in [2.45, 2.75) is 33.1 Å². The number of hydrogen-bond donors (Lipinski definition) is 3. The predicted octanol–water partition coefficient (Wildman–Crippen LogP) is 4.61. The third kappa shape index (κ3) is 7.28. The number of phenolic OH excluding ortho intramolecular Hbond substituents is 3. The smallest absolute Gasteiger partial charge is 0.120 e. The number of aromatic nitrogens is 2. The molecular weight excluding hydrogens is 452 g/mol. The second-order valence-electron chi connectivity index (χ2n) is 8.99. The predicted molar refractivity (Wildman–Crippen MR) is 139 cm³/mol. The van der Waals surface area contributed by atoms with Crippen molar-refractivity contribution >= 4 is 0 Å². The van der Waals surface area contributed by atoms with Gasteiger partial charge in [0.2, 0.25) is 0 Å². The van der Waals surface area contributed by atoms with Crippen molar-refractivity contribution in [1.29, 1.82) is 0 Å². The van der Waals surface area contributed by atoms with Gasteiger partial charge in [0, 0.05) is 57.2 Å². The molecule has 0 fully saturated rings. The van der Waals surface area contributed by atoms with E-state index in [2.05, 4.69) is 19.8 Å². The molecule has 0 atom stereocenters. The van der Waals surface area contributed by atoms with E-state index < -0.39 is 0 Å². The van der Waals surface area contributed by atoms with E-state index in [1.807, 2.05) is 55.5 Å². The minimum atomic E-state index is 0.122. The Morgan fingerprint density at radius 1 is 0.611 bits per heavy atom. The van der Waals surface area contributed by atoms with E-state index in [1.54, 1.807) is 24.5 Å². The Morgan fingerprint density at radius 3 is 1.69 bits per heavy atom. The van der Waals surface area contributed by atoms with Gasteiger partial charge in [0.25, 0.3) is 0 Å². The van der Waals surface area contributed by atoms with Crippen molar-refractivity contribution < 1.29 is 15.3 Å². The fourth-order valence-corrected chi connectivity index (χ4v) is 4.16. The van der Waals surface area contributed by atoms with Gasteiger partial charge in [-0.3, -0.25) is 19.8 Å². The molecule has 36 heavy (non-hydrogen) atoms. The fraction of sp³-hybridized carbons (Fsp3) is 0.241. The Labute approximate surface area is 211 Å². The average Bonchev–Trinajstić information content (AvgIpc) is 2.88. The maximum absolute atomic E-state index is 10.4. The minimum absolute atomic E-state index is 0.122. The molecule has 0 spiro atoms. The molecule has 0 bridgehead atoms. The van der Waals surface area contributed by atoms with Crippen molar-refractivity contribution in [3.05, 3.63) is 113 Å². The maximum atomic E-state index is 10.4. The Balaban J connectivity index is 1.54. The first-order valence-electron chi connectivity index (χ1n) is 12.0. The zero-order valence-corrected chi connectivity index (χ0v) is 20.5. The molecule has 0 amide bonds. The molecule has 0 aliphatic carbocycles. The third-order valence-electron chi connectivity index (χ3n) is 6.14. The van der Waals surface area contributed by atoms with Crippen LogP contribution in [0.4, 0.5) is 0 Å². The average molecular weight is 485 g/mol. The number of benzene rings is 2. The molecule has 186 valence electrons. The van der Waals surface area contributed by atoms with Crippen LogP contribution in [0.5, 0.6) is 17.2 Å². The van der Waals surface area contributed by atoms with Gasteiger partial charge in [0.1, 0.15) is 17.2 Å². The number of hydrogen-bond acceptors (Lipinski definition) is 7. The highest BCUT2D eigenvalue weighted by atomic mass is 16.3. The van der Waals surface area contributed by atoms with E-state index in [0.717, 1.165) is 29.1 Å². The summed E-state index contributed by atoms with van der Waals surface area (Å²) in [5.41, 5.74) is 4.74. The lowest BCUT2D eigenvalue weighted by atomic mass is 10.1. The van der Waals surface area contributed by atoms with Crippen LogP contribution in [0.25, 0.3) is 0 Å². The number of aryl methyl sites for hydroxylation is 1. The highest BCUT2D eigenvalue weighted by Crippen LogP contribution is 2.24. The Bertz CT molecular complexity index is 1150. The Morgan fingerprint density at radius 2 is 1.14 bits per heavy atom. The maximum Gasteiger partial charge on any atom is 0.120 e. The molecule has 4 rings (SSSR count). The molecule has 0 unspecified atom stereocenters. The number of rotatable bonds is 11. The lowest BCUT2D eigenvalue weighted by molar-refractivity contribution is 0.179. The van der Waals surface area contributed by atoms with Gasteiger partial charge in [-0.25, -0.2) is 0 Å². The van der Waals surface area contributed by atoms with Crippen LogP contribution in [-0.4, -0.2) is 48.2 Å². The molecule has 0 saturated carbocycles. The summed E-state index contributed by atoms with van der Waals surface area (Å²) in [6, 6.07) is 21.8. The van der Waals surface area contributed by atoms with Crippen LogP contribution in [0.3, 0.4) is 0 Å². The van der Waals surface area contributed by atoms with Crippen LogP contribution in [-0.2, 0) is 26.2 Å². The van der Waals surface area contributed by atoms with Crippen LogP contribution in [0.2, 0.25) is 0 Å². The summed E-state index contributed by atoms with van der Waals surface area (Å²) in [6.07, 6.45) is 3.57. The Kier molecular flexibility index (Phi) is 8.49. The summed E-state index contributed by atoms with van der Waals surface area (Å²) in [7, 11) is 0. The largest absolute Gasteiger partial charge is 0.508 e. The number of aromatic hydroxyl groups is 3. The van der Waals surface area contributed by atoms with Gasteiger partial charge in [-0.05, 0) is 72.6 Å². The summed E-state index contributed by atoms with van der Waals surface area (Å²) < 4.78 is 0. The second kappa shape index (κ2) is 12.2. The zero-order valence-electron chi connectivity index (χ0n) is 20.5. The lowest BCUT2D eigenvalue weighted by Gasteiger charge is -2.28. The highest BCUT2D eigenvalue weighted by molar-refractivity contribution is 5.38. The fourth-order valence-electron chi connectivity index (χ4n) is 4.16. The van der Waals surface area contributed by atoms with Crippen LogP contribution in [0, 0.1) is 6.92 Å². The van der Waals surface area contributed by atoms with Gasteiger partial charge in [-0.1, -0.05) is 18.2 Å². The quantitative estimate of drug-likeness (QED) is 0.268. The minimum Gasteiger partial charge on any atom is -0.508 e. The third-order valence-corrected chi connectivity index (χ3v) is 6.14. The van der Waals surface area contributed by atoms with E-state index in [9.17, 15) is 15.3 Å². The first-order chi connectivity index (χ1) is 17.5. The van der Waals surface area contributed by atoms with E-state index in [1.165, 1.54) is 12.1 Å². The molecule has 7 heteroatoms. The SMILES string of the molecule is Cc1ccc(O)cc1CN(CCN(Cc1ccccn1)Cc1cc(O)ccc1O)Cc1ccccn1. The zero-order chi connectivity index (χ0) is 25.3. The lowest BCUT2D eigenvalue weighted by Crippen LogP contribution is -2.34. The van der Waals surface area contributed by atoms with Gasteiger partial charge < -0.3 is 15.3 Å². The normalized spacial score (nSPS) is 11.3. The summed E-state index contributed by atoms with van der Waals surface area (Å²) in [4.78, 5) is 13.5. The molecule has 0 aliphatic heterocycles. The van der Waals surface area contributed by atoms with Gasteiger partial charge in [0.05, 0.1) is 11.4 Å². The van der Waals surface area contributed by atoms with Crippen LogP contribution in [0.1, 0.15) is 28.1 Å². The van der Waals surface area contributed by atoms with Gasteiger partial charge in [-0.2, -0.15) is 0 Å². The monoisotopic (exact) mass is 484 g/mol. The van der Waals surface area contributed by atoms with Crippen molar-refractivity contribution in [2.24, 2.45) is 0 Å². The van der Waals surface area contributed by atoms with Crippen molar-refractivity contribution in [1.82, 2.24) is 19.8 Å². The first-order valence-corrected chi connectivity index (χ1v) is 12.0. The number of phenols is 3. The van der Waals surface area contributed by atoms with Crippen molar-refractivity contribution in [3.8, 4) is 17.2 Å². The highest BCUT2D eigenvalue weighted by Gasteiger charge is 2.16. The van der Waals surface area contributed by atoms with E-state index in [4.69, 9.17) is 0 Å². The molecule has 4 aromatic rings. The molecule has 7 nitrogen and oxygen atoms in total. The molecule has 3 N–H and O–H groups in total. The summed E-state index contributed by atoms with van der Waals surface area (Å²) in [6.45, 7) is 5.83. The molecule has 0 saturated heterocycles. The first kappa shape index (κ1) is 25.2. The molecule has 2 heterocycles.